The van der Waals surface area contributed by atoms with Crippen LogP contribution in [0, 0.1) is 0 Å². The minimum atomic E-state index is 0.104. The zero-order valence-electron chi connectivity index (χ0n) is 11.5. The van der Waals surface area contributed by atoms with Gasteiger partial charge in [0.2, 0.25) is 5.91 Å². The van der Waals surface area contributed by atoms with Crippen molar-refractivity contribution in [3.63, 3.8) is 0 Å². The standard InChI is InChI=1S/C13H27N3O/c1-4-11(2)15-13(17)9-14-12(3)10-16-7-5-6-8-16/h11-12,14H,4-10H2,1-3H3,(H,15,17). The van der Waals surface area contributed by atoms with Crippen molar-refractivity contribution >= 4 is 5.91 Å². The molecule has 1 fully saturated rings. The molecule has 0 bridgehead atoms. The Hall–Kier alpha value is -0.610. The highest BCUT2D eigenvalue weighted by Crippen LogP contribution is 2.07. The van der Waals surface area contributed by atoms with Gasteiger partial charge in [-0.3, -0.25) is 4.79 Å². The van der Waals surface area contributed by atoms with Crippen LogP contribution in [0.1, 0.15) is 40.0 Å². The Morgan fingerprint density at radius 1 is 1.24 bits per heavy atom. The van der Waals surface area contributed by atoms with E-state index < -0.39 is 0 Å². The minimum Gasteiger partial charge on any atom is -0.353 e. The number of amides is 1. The van der Waals surface area contributed by atoms with Crippen molar-refractivity contribution in [2.24, 2.45) is 0 Å². The summed E-state index contributed by atoms with van der Waals surface area (Å²) in [5, 5.41) is 6.25. The van der Waals surface area contributed by atoms with Gasteiger partial charge >= 0.3 is 0 Å². The van der Waals surface area contributed by atoms with Crippen LogP contribution in [0.15, 0.2) is 0 Å². The van der Waals surface area contributed by atoms with Crippen LogP contribution < -0.4 is 10.6 Å². The number of rotatable bonds is 7. The molecule has 0 saturated carbocycles. The van der Waals surface area contributed by atoms with E-state index >= 15 is 0 Å². The lowest BCUT2D eigenvalue weighted by Gasteiger charge is -2.21. The highest BCUT2D eigenvalue weighted by molar-refractivity contribution is 5.78. The normalized spacial score (nSPS) is 20.2. The van der Waals surface area contributed by atoms with E-state index in [0.29, 0.717) is 12.6 Å². The lowest BCUT2D eigenvalue weighted by atomic mass is 10.2. The van der Waals surface area contributed by atoms with Crippen molar-refractivity contribution in [2.75, 3.05) is 26.2 Å². The molecule has 0 aliphatic carbocycles. The highest BCUT2D eigenvalue weighted by atomic mass is 16.1. The van der Waals surface area contributed by atoms with Gasteiger partial charge in [0.15, 0.2) is 0 Å². The summed E-state index contributed by atoms with van der Waals surface area (Å²) in [6.45, 7) is 10.2. The number of carbonyl (C=O) groups is 1. The number of hydrogen-bond donors (Lipinski definition) is 2. The van der Waals surface area contributed by atoms with Gasteiger partial charge in [-0.1, -0.05) is 6.92 Å². The fraction of sp³-hybridized carbons (Fsp3) is 0.923. The maximum Gasteiger partial charge on any atom is 0.234 e. The molecule has 4 heteroatoms. The molecule has 0 aromatic rings. The van der Waals surface area contributed by atoms with Crippen LogP contribution >= 0.6 is 0 Å². The minimum absolute atomic E-state index is 0.104. The highest BCUT2D eigenvalue weighted by Gasteiger charge is 2.15. The maximum absolute atomic E-state index is 11.6. The third-order valence-electron chi connectivity index (χ3n) is 3.36. The first kappa shape index (κ1) is 14.5. The average molecular weight is 241 g/mol. The fourth-order valence-electron chi connectivity index (χ4n) is 2.11. The molecule has 2 N–H and O–H groups in total. The summed E-state index contributed by atoms with van der Waals surface area (Å²) in [4.78, 5) is 14.0. The van der Waals surface area contributed by atoms with Gasteiger partial charge in [-0.2, -0.15) is 0 Å². The summed E-state index contributed by atoms with van der Waals surface area (Å²) < 4.78 is 0. The molecule has 0 spiro atoms. The van der Waals surface area contributed by atoms with Crippen LogP contribution in [-0.4, -0.2) is 49.1 Å². The van der Waals surface area contributed by atoms with E-state index in [9.17, 15) is 4.79 Å². The molecule has 2 atom stereocenters. The van der Waals surface area contributed by atoms with Crippen LogP contribution in [0.3, 0.4) is 0 Å². The summed E-state index contributed by atoms with van der Waals surface area (Å²) in [6, 6.07) is 0.661. The molecule has 0 radical (unpaired) electrons. The van der Waals surface area contributed by atoms with Crippen molar-refractivity contribution in [3.8, 4) is 0 Å². The Labute approximate surface area is 105 Å². The van der Waals surface area contributed by atoms with Crippen LogP contribution in [0.5, 0.6) is 0 Å². The molecule has 1 aliphatic heterocycles. The van der Waals surface area contributed by atoms with Gasteiger partial charge in [-0.25, -0.2) is 0 Å². The molecular weight excluding hydrogens is 214 g/mol. The molecule has 4 nitrogen and oxygen atoms in total. The van der Waals surface area contributed by atoms with Gasteiger partial charge in [-0.05, 0) is 46.2 Å². The number of hydrogen-bond acceptors (Lipinski definition) is 3. The van der Waals surface area contributed by atoms with Gasteiger partial charge < -0.3 is 15.5 Å². The van der Waals surface area contributed by atoms with E-state index in [-0.39, 0.29) is 11.9 Å². The zero-order chi connectivity index (χ0) is 12.7. The van der Waals surface area contributed by atoms with Crippen LogP contribution in [0.2, 0.25) is 0 Å². The molecule has 0 aromatic carbocycles. The molecule has 1 amide bonds. The number of nitrogens with one attached hydrogen (secondary N) is 2. The number of nitrogens with zero attached hydrogens (tertiary/aromatic N) is 1. The average Bonchev–Trinajstić information content (AvgIpc) is 2.79. The molecule has 1 saturated heterocycles. The van der Waals surface area contributed by atoms with Crippen molar-refractivity contribution in [2.45, 2.75) is 52.1 Å². The first-order valence-electron chi connectivity index (χ1n) is 6.87. The maximum atomic E-state index is 11.6. The molecule has 1 heterocycles. The van der Waals surface area contributed by atoms with E-state index in [1.165, 1.54) is 25.9 Å². The van der Waals surface area contributed by atoms with Crippen molar-refractivity contribution in [1.82, 2.24) is 15.5 Å². The van der Waals surface area contributed by atoms with E-state index in [2.05, 4.69) is 29.4 Å². The summed E-state index contributed by atoms with van der Waals surface area (Å²) in [7, 11) is 0. The molecule has 17 heavy (non-hydrogen) atoms. The van der Waals surface area contributed by atoms with Gasteiger partial charge in [0.25, 0.3) is 0 Å². The largest absolute Gasteiger partial charge is 0.353 e. The molecule has 1 rings (SSSR count). The quantitative estimate of drug-likeness (QED) is 0.698. The predicted molar refractivity (Wildman–Crippen MR) is 71.0 cm³/mol. The second kappa shape index (κ2) is 7.67. The third kappa shape index (κ3) is 6.03. The van der Waals surface area contributed by atoms with Gasteiger partial charge in [0, 0.05) is 18.6 Å². The Morgan fingerprint density at radius 3 is 2.47 bits per heavy atom. The van der Waals surface area contributed by atoms with Crippen LogP contribution in [0.25, 0.3) is 0 Å². The van der Waals surface area contributed by atoms with E-state index in [1.807, 2.05) is 6.92 Å². The lowest BCUT2D eigenvalue weighted by Crippen LogP contribution is -2.44. The van der Waals surface area contributed by atoms with E-state index in [4.69, 9.17) is 0 Å². The van der Waals surface area contributed by atoms with Crippen molar-refractivity contribution in [1.29, 1.82) is 0 Å². The monoisotopic (exact) mass is 241 g/mol. The van der Waals surface area contributed by atoms with Gasteiger partial charge in [0.1, 0.15) is 0 Å². The Morgan fingerprint density at radius 2 is 1.88 bits per heavy atom. The fourth-order valence-corrected chi connectivity index (χ4v) is 2.11. The first-order chi connectivity index (χ1) is 8.11. The summed E-state index contributed by atoms with van der Waals surface area (Å²) >= 11 is 0. The summed E-state index contributed by atoms with van der Waals surface area (Å²) in [6.07, 6.45) is 3.62. The molecule has 2 unspecified atom stereocenters. The molecular formula is C13H27N3O. The lowest BCUT2D eigenvalue weighted by molar-refractivity contribution is -0.121. The second-order valence-electron chi connectivity index (χ2n) is 5.17. The number of carbonyl (C=O) groups excluding carboxylic acids is 1. The summed E-state index contributed by atoms with van der Waals surface area (Å²) in [5.74, 6) is 0.104. The Bertz CT molecular complexity index is 227. The topological polar surface area (TPSA) is 44.4 Å². The zero-order valence-corrected chi connectivity index (χ0v) is 11.5. The van der Waals surface area contributed by atoms with Crippen molar-refractivity contribution < 1.29 is 4.79 Å². The Kier molecular flexibility index (Phi) is 6.52. The van der Waals surface area contributed by atoms with Crippen molar-refractivity contribution in [3.05, 3.63) is 0 Å². The van der Waals surface area contributed by atoms with Gasteiger partial charge in [-0.15, -0.1) is 0 Å². The third-order valence-corrected chi connectivity index (χ3v) is 3.36. The molecule has 100 valence electrons. The van der Waals surface area contributed by atoms with E-state index in [0.717, 1.165) is 13.0 Å². The molecule has 1 aliphatic rings. The summed E-state index contributed by atoms with van der Waals surface area (Å²) in [5.41, 5.74) is 0. The second-order valence-corrected chi connectivity index (χ2v) is 5.17. The molecule has 0 aromatic heterocycles. The Balaban J connectivity index is 2.09. The van der Waals surface area contributed by atoms with Crippen LogP contribution in [-0.2, 0) is 4.79 Å². The van der Waals surface area contributed by atoms with Crippen LogP contribution in [0.4, 0.5) is 0 Å². The first-order valence-corrected chi connectivity index (χ1v) is 6.87. The van der Waals surface area contributed by atoms with Gasteiger partial charge in [0.05, 0.1) is 6.54 Å². The number of likely N-dealkylation sites (tertiary alicyclic amines) is 1. The SMILES string of the molecule is CCC(C)NC(=O)CNC(C)CN1CCCC1. The predicted octanol–water partition coefficient (Wildman–Crippen LogP) is 0.975. The van der Waals surface area contributed by atoms with E-state index in [1.54, 1.807) is 0 Å². The smallest absolute Gasteiger partial charge is 0.234 e.